The predicted molar refractivity (Wildman–Crippen MR) is 114 cm³/mol. The summed E-state index contributed by atoms with van der Waals surface area (Å²) in [6, 6.07) is 13.3. The normalized spacial score (nSPS) is 10.4. The average Bonchev–Trinajstić information content (AvgIpc) is 3.12. The third-order valence-electron chi connectivity index (χ3n) is 3.78. The van der Waals surface area contributed by atoms with Crippen molar-refractivity contribution in [1.82, 2.24) is 4.98 Å². The van der Waals surface area contributed by atoms with E-state index in [0.29, 0.717) is 19.0 Å². The van der Waals surface area contributed by atoms with Crippen LogP contribution in [0.1, 0.15) is 20.8 Å². The number of hydrogen-bond acceptors (Lipinski definition) is 6. The maximum atomic E-state index is 11.2. The molecule has 0 aliphatic carbocycles. The summed E-state index contributed by atoms with van der Waals surface area (Å²) in [4.78, 5) is 15.9. The van der Waals surface area contributed by atoms with Gasteiger partial charge in [-0.1, -0.05) is 6.07 Å². The van der Waals surface area contributed by atoms with Gasteiger partial charge in [-0.05, 0) is 50.2 Å². The van der Waals surface area contributed by atoms with E-state index >= 15 is 0 Å². The molecule has 1 heterocycles. The molecule has 2 N–H and O–H groups in total. The molecule has 0 radical (unpaired) electrons. The molecule has 1 amide bonds. The molecule has 6 nitrogen and oxygen atoms in total. The number of ether oxygens (including phenoxy) is 2. The molecule has 0 aliphatic heterocycles. The van der Waals surface area contributed by atoms with Crippen LogP contribution in [0.25, 0.3) is 11.3 Å². The minimum absolute atomic E-state index is 0.103. The van der Waals surface area contributed by atoms with Crippen molar-refractivity contribution >= 4 is 33.8 Å². The van der Waals surface area contributed by atoms with Gasteiger partial charge in [0.05, 0.1) is 18.9 Å². The Labute approximate surface area is 168 Å². The van der Waals surface area contributed by atoms with Crippen LogP contribution in [-0.2, 0) is 4.79 Å². The van der Waals surface area contributed by atoms with E-state index in [2.05, 4.69) is 15.6 Å². The zero-order valence-corrected chi connectivity index (χ0v) is 16.9. The Kier molecular flexibility index (Phi) is 6.49. The first kappa shape index (κ1) is 19.7. The van der Waals surface area contributed by atoms with Crippen molar-refractivity contribution in [2.45, 2.75) is 20.8 Å². The first-order valence-corrected chi connectivity index (χ1v) is 9.97. The molecule has 0 saturated carbocycles. The van der Waals surface area contributed by atoms with Crippen LogP contribution in [0.4, 0.5) is 16.5 Å². The minimum Gasteiger partial charge on any atom is -0.490 e. The number of thiazole rings is 1. The molecular weight excluding hydrogens is 374 g/mol. The number of nitrogens with one attached hydrogen (secondary N) is 2. The molecule has 0 bridgehead atoms. The summed E-state index contributed by atoms with van der Waals surface area (Å²) < 4.78 is 11.3. The summed E-state index contributed by atoms with van der Waals surface area (Å²) in [7, 11) is 0. The highest BCUT2D eigenvalue weighted by molar-refractivity contribution is 7.14. The van der Waals surface area contributed by atoms with Gasteiger partial charge in [0, 0.05) is 29.2 Å². The molecule has 146 valence electrons. The van der Waals surface area contributed by atoms with Gasteiger partial charge >= 0.3 is 0 Å². The zero-order valence-electron chi connectivity index (χ0n) is 16.1. The lowest BCUT2D eigenvalue weighted by Crippen LogP contribution is -2.05. The zero-order chi connectivity index (χ0) is 19.9. The van der Waals surface area contributed by atoms with Crippen molar-refractivity contribution < 1.29 is 14.3 Å². The van der Waals surface area contributed by atoms with Gasteiger partial charge < -0.3 is 20.1 Å². The van der Waals surface area contributed by atoms with E-state index in [4.69, 9.17) is 9.47 Å². The Hall–Kier alpha value is -3.06. The van der Waals surface area contributed by atoms with Gasteiger partial charge in [0.25, 0.3) is 0 Å². The van der Waals surface area contributed by atoms with Crippen molar-refractivity contribution in [1.29, 1.82) is 0 Å². The molecule has 0 atom stereocenters. The molecule has 1 aromatic heterocycles. The SMILES string of the molecule is CCOc1ccc(-c2csc(Nc3cccc(NC(C)=O)c3)n2)cc1OCC. The fourth-order valence-electron chi connectivity index (χ4n) is 2.68. The van der Waals surface area contributed by atoms with Crippen molar-refractivity contribution in [2.75, 3.05) is 23.8 Å². The molecule has 2 aromatic carbocycles. The second-order valence-corrected chi connectivity index (χ2v) is 6.81. The molecule has 0 fully saturated rings. The predicted octanol–water partition coefficient (Wildman–Crippen LogP) is 5.31. The number of benzene rings is 2. The Morgan fingerprint density at radius 1 is 1.04 bits per heavy atom. The lowest BCUT2D eigenvalue weighted by molar-refractivity contribution is -0.114. The monoisotopic (exact) mass is 397 g/mol. The largest absolute Gasteiger partial charge is 0.490 e. The fourth-order valence-corrected chi connectivity index (χ4v) is 3.42. The topological polar surface area (TPSA) is 72.5 Å². The molecule has 0 aliphatic rings. The smallest absolute Gasteiger partial charge is 0.221 e. The summed E-state index contributed by atoms with van der Waals surface area (Å²) >= 11 is 1.51. The van der Waals surface area contributed by atoms with Gasteiger partial charge in [-0.3, -0.25) is 4.79 Å². The first-order valence-electron chi connectivity index (χ1n) is 9.09. The second-order valence-electron chi connectivity index (χ2n) is 5.95. The molecule has 0 saturated heterocycles. The maximum Gasteiger partial charge on any atom is 0.221 e. The van der Waals surface area contributed by atoms with E-state index in [-0.39, 0.29) is 5.91 Å². The molecule has 0 spiro atoms. The van der Waals surface area contributed by atoms with Crippen LogP contribution >= 0.6 is 11.3 Å². The van der Waals surface area contributed by atoms with Gasteiger partial charge in [-0.2, -0.15) is 0 Å². The average molecular weight is 398 g/mol. The van der Waals surface area contributed by atoms with Crippen LogP contribution in [0.2, 0.25) is 0 Å². The van der Waals surface area contributed by atoms with Crippen molar-refractivity contribution in [3.8, 4) is 22.8 Å². The van der Waals surface area contributed by atoms with Crippen LogP contribution in [0, 0.1) is 0 Å². The van der Waals surface area contributed by atoms with E-state index in [1.165, 1.54) is 18.3 Å². The standard InChI is InChI=1S/C21H23N3O3S/c1-4-26-19-10-9-15(11-20(19)27-5-2)18-13-28-21(24-18)23-17-8-6-7-16(12-17)22-14(3)25/h6-13H,4-5H2,1-3H3,(H,22,25)(H,23,24). The van der Waals surface area contributed by atoms with Crippen LogP contribution in [-0.4, -0.2) is 24.1 Å². The molecule has 28 heavy (non-hydrogen) atoms. The number of carbonyl (C=O) groups excluding carboxylic acids is 1. The fraction of sp³-hybridized carbons (Fsp3) is 0.238. The van der Waals surface area contributed by atoms with E-state index in [1.54, 1.807) is 0 Å². The Bertz CT molecular complexity index is 956. The van der Waals surface area contributed by atoms with Gasteiger partial charge in [0.1, 0.15) is 0 Å². The van der Waals surface area contributed by atoms with E-state index in [0.717, 1.165) is 33.5 Å². The third-order valence-corrected chi connectivity index (χ3v) is 4.54. The highest BCUT2D eigenvalue weighted by Gasteiger charge is 2.10. The van der Waals surface area contributed by atoms with E-state index < -0.39 is 0 Å². The number of anilines is 3. The third kappa shape index (κ3) is 5.01. The van der Waals surface area contributed by atoms with Gasteiger partial charge in [-0.15, -0.1) is 11.3 Å². The Balaban J connectivity index is 1.78. The second kappa shape index (κ2) is 9.23. The highest BCUT2D eigenvalue weighted by atomic mass is 32.1. The quantitative estimate of drug-likeness (QED) is 0.539. The van der Waals surface area contributed by atoms with Crippen LogP contribution in [0.15, 0.2) is 47.8 Å². The summed E-state index contributed by atoms with van der Waals surface area (Å²) in [5.74, 6) is 1.35. The number of amides is 1. The van der Waals surface area contributed by atoms with E-state index in [1.807, 2.05) is 61.7 Å². The molecule has 7 heteroatoms. The number of aromatic nitrogens is 1. The maximum absolute atomic E-state index is 11.2. The molecule has 0 unspecified atom stereocenters. The summed E-state index contributed by atoms with van der Waals surface area (Å²) in [5, 5.41) is 8.81. The molecule has 3 aromatic rings. The van der Waals surface area contributed by atoms with Gasteiger partial charge in [0.15, 0.2) is 16.6 Å². The Morgan fingerprint density at radius 3 is 2.54 bits per heavy atom. The van der Waals surface area contributed by atoms with Gasteiger partial charge in [-0.25, -0.2) is 4.98 Å². The van der Waals surface area contributed by atoms with Crippen LogP contribution in [0.3, 0.4) is 0 Å². The highest BCUT2D eigenvalue weighted by Crippen LogP contribution is 2.34. The number of rotatable bonds is 8. The lowest BCUT2D eigenvalue weighted by Gasteiger charge is -2.11. The Morgan fingerprint density at radius 2 is 1.79 bits per heavy atom. The molecule has 3 rings (SSSR count). The summed E-state index contributed by atoms with van der Waals surface area (Å²) in [6.45, 7) is 6.53. The van der Waals surface area contributed by atoms with Crippen LogP contribution < -0.4 is 20.1 Å². The lowest BCUT2D eigenvalue weighted by atomic mass is 10.1. The van der Waals surface area contributed by atoms with Crippen molar-refractivity contribution in [2.24, 2.45) is 0 Å². The summed E-state index contributed by atoms with van der Waals surface area (Å²) in [5.41, 5.74) is 3.41. The number of nitrogens with zero attached hydrogens (tertiary/aromatic N) is 1. The van der Waals surface area contributed by atoms with Crippen LogP contribution in [0.5, 0.6) is 11.5 Å². The first-order chi connectivity index (χ1) is 13.6. The van der Waals surface area contributed by atoms with Gasteiger partial charge in [0.2, 0.25) is 5.91 Å². The van der Waals surface area contributed by atoms with Crippen molar-refractivity contribution in [3.63, 3.8) is 0 Å². The minimum atomic E-state index is -0.103. The van der Waals surface area contributed by atoms with Crippen molar-refractivity contribution in [3.05, 3.63) is 47.8 Å². The number of hydrogen-bond donors (Lipinski definition) is 2. The van der Waals surface area contributed by atoms with E-state index in [9.17, 15) is 4.79 Å². The molecular formula is C21H23N3O3S. The summed E-state index contributed by atoms with van der Waals surface area (Å²) in [6.07, 6.45) is 0. The number of carbonyl (C=O) groups is 1.